The summed E-state index contributed by atoms with van der Waals surface area (Å²) in [5.41, 5.74) is 0. The molecule has 5 heteroatoms. The number of carboxylic acids is 1. The van der Waals surface area contributed by atoms with Gasteiger partial charge in [0.1, 0.15) is 0 Å². The number of likely N-dealkylation sites (tertiary alicyclic amines) is 1. The number of carboxylic acid groups (broad SMARTS) is 1. The van der Waals surface area contributed by atoms with E-state index in [-0.39, 0.29) is 24.5 Å². The van der Waals surface area contributed by atoms with Crippen LogP contribution in [-0.2, 0) is 4.79 Å². The lowest BCUT2D eigenvalue weighted by molar-refractivity contribution is -0.137. The second-order valence-electron chi connectivity index (χ2n) is 5.18. The number of amides is 2. The van der Waals surface area contributed by atoms with Gasteiger partial charge in [-0.25, -0.2) is 4.79 Å². The van der Waals surface area contributed by atoms with Gasteiger partial charge < -0.3 is 15.3 Å². The summed E-state index contributed by atoms with van der Waals surface area (Å²) in [4.78, 5) is 24.5. The second-order valence-corrected chi connectivity index (χ2v) is 5.18. The Morgan fingerprint density at radius 2 is 2.11 bits per heavy atom. The van der Waals surface area contributed by atoms with Gasteiger partial charge in [-0.1, -0.05) is 6.92 Å². The van der Waals surface area contributed by atoms with Crippen LogP contribution in [0.15, 0.2) is 0 Å². The number of hydrogen-bond donors (Lipinski definition) is 2. The van der Waals surface area contributed by atoms with Crippen molar-refractivity contribution in [3.63, 3.8) is 0 Å². The molecule has 0 aromatic heterocycles. The number of nitrogens with one attached hydrogen (secondary N) is 1. The third-order valence-corrected chi connectivity index (χ3v) is 3.65. The summed E-state index contributed by atoms with van der Waals surface area (Å²) in [5, 5.41) is 11.5. The SMILES string of the molecule is CCC1CCC(C)N1C(=O)NC(C)CCC(=O)O. The zero-order chi connectivity index (χ0) is 13.7. The van der Waals surface area contributed by atoms with Gasteiger partial charge in [0.25, 0.3) is 0 Å². The van der Waals surface area contributed by atoms with Crippen molar-refractivity contribution in [3.8, 4) is 0 Å². The van der Waals surface area contributed by atoms with E-state index in [4.69, 9.17) is 5.11 Å². The van der Waals surface area contributed by atoms with Crippen molar-refractivity contribution >= 4 is 12.0 Å². The largest absolute Gasteiger partial charge is 0.481 e. The molecule has 1 aliphatic heterocycles. The van der Waals surface area contributed by atoms with Crippen molar-refractivity contribution in [1.82, 2.24) is 10.2 Å². The maximum atomic E-state index is 12.1. The second kappa shape index (κ2) is 6.61. The van der Waals surface area contributed by atoms with Gasteiger partial charge in [0, 0.05) is 24.5 Å². The van der Waals surface area contributed by atoms with Crippen molar-refractivity contribution in [2.24, 2.45) is 0 Å². The molecule has 2 N–H and O–H groups in total. The van der Waals surface area contributed by atoms with Gasteiger partial charge in [-0.15, -0.1) is 0 Å². The quantitative estimate of drug-likeness (QED) is 0.792. The molecule has 0 aromatic rings. The molecule has 1 rings (SSSR count). The Hall–Kier alpha value is -1.26. The fourth-order valence-electron chi connectivity index (χ4n) is 2.54. The lowest BCUT2D eigenvalue weighted by atomic mass is 10.1. The van der Waals surface area contributed by atoms with Crippen molar-refractivity contribution in [2.75, 3.05) is 0 Å². The van der Waals surface area contributed by atoms with Gasteiger partial charge >= 0.3 is 12.0 Å². The average Bonchev–Trinajstić information content (AvgIpc) is 2.67. The van der Waals surface area contributed by atoms with Crippen LogP contribution in [0.3, 0.4) is 0 Å². The van der Waals surface area contributed by atoms with E-state index in [9.17, 15) is 9.59 Å². The highest BCUT2D eigenvalue weighted by Gasteiger charge is 2.33. The van der Waals surface area contributed by atoms with E-state index in [0.717, 1.165) is 19.3 Å². The van der Waals surface area contributed by atoms with E-state index < -0.39 is 5.97 Å². The summed E-state index contributed by atoms with van der Waals surface area (Å²) >= 11 is 0. The molecule has 0 saturated carbocycles. The fraction of sp³-hybridized carbons (Fsp3) is 0.846. The van der Waals surface area contributed by atoms with Gasteiger partial charge in [0.15, 0.2) is 0 Å². The molecule has 1 saturated heterocycles. The van der Waals surface area contributed by atoms with Crippen molar-refractivity contribution in [1.29, 1.82) is 0 Å². The van der Waals surface area contributed by atoms with Gasteiger partial charge in [-0.2, -0.15) is 0 Å². The van der Waals surface area contributed by atoms with Crippen LogP contribution in [0.4, 0.5) is 4.79 Å². The Balaban J connectivity index is 2.46. The molecule has 3 atom stereocenters. The predicted molar refractivity (Wildman–Crippen MR) is 69.5 cm³/mol. The lowest BCUT2D eigenvalue weighted by Crippen LogP contribution is -2.48. The molecule has 2 amide bonds. The van der Waals surface area contributed by atoms with Crippen molar-refractivity contribution < 1.29 is 14.7 Å². The third kappa shape index (κ3) is 3.89. The fourth-order valence-corrected chi connectivity index (χ4v) is 2.54. The number of urea groups is 1. The number of hydrogen-bond acceptors (Lipinski definition) is 2. The van der Waals surface area contributed by atoms with E-state index in [1.165, 1.54) is 0 Å². The third-order valence-electron chi connectivity index (χ3n) is 3.65. The van der Waals surface area contributed by atoms with Crippen LogP contribution in [-0.4, -0.2) is 40.1 Å². The summed E-state index contributed by atoms with van der Waals surface area (Å²) in [6, 6.07) is 0.456. The Labute approximate surface area is 109 Å². The number of nitrogens with zero attached hydrogens (tertiary/aromatic N) is 1. The molecule has 1 fully saturated rings. The molecule has 5 nitrogen and oxygen atoms in total. The van der Waals surface area contributed by atoms with E-state index in [2.05, 4.69) is 19.2 Å². The van der Waals surface area contributed by atoms with Crippen molar-refractivity contribution in [2.45, 2.75) is 71.0 Å². The van der Waals surface area contributed by atoms with Gasteiger partial charge in [0.05, 0.1) is 0 Å². The maximum Gasteiger partial charge on any atom is 0.318 e. The Morgan fingerprint density at radius 1 is 1.44 bits per heavy atom. The van der Waals surface area contributed by atoms with Gasteiger partial charge in [-0.3, -0.25) is 4.79 Å². The molecule has 104 valence electrons. The molecule has 0 aromatic carbocycles. The number of carbonyl (C=O) groups excluding carboxylic acids is 1. The Bertz CT molecular complexity index is 307. The first-order valence-electron chi connectivity index (χ1n) is 6.76. The maximum absolute atomic E-state index is 12.1. The first-order chi connectivity index (χ1) is 8.45. The van der Waals surface area contributed by atoms with E-state index in [1.54, 1.807) is 0 Å². The van der Waals surface area contributed by atoms with E-state index in [1.807, 2.05) is 11.8 Å². The van der Waals surface area contributed by atoms with Crippen molar-refractivity contribution in [3.05, 3.63) is 0 Å². The minimum atomic E-state index is -0.822. The molecule has 0 radical (unpaired) electrons. The molecule has 1 aliphatic rings. The zero-order valence-corrected chi connectivity index (χ0v) is 11.5. The van der Waals surface area contributed by atoms with Crippen LogP contribution in [0.1, 0.15) is 52.9 Å². The first kappa shape index (κ1) is 14.8. The summed E-state index contributed by atoms with van der Waals surface area (Å²) in [7, 11) is 0. The minimum absolute atomic E-state index is 0.0512. The Kier molecular flexibility index (Phi) is 5.44. The molecule has 18 heavy (non-hydrogen) atoms. The molecule has 0 bridgehead atoms. The highest BCUT2D eigenvalue weighted by Crippen LogP contribution is 2.25. The molecule has 0 spiro atoms. The Morgan fingerprint density at radius 3 is 2.67 bits per heavy atom. The summed E-state index contributed by atoms with van der Waals surface area (Å²) in [6.07, 6.45) is 3.65. The van der Waals surface area contributed by atoms with Crippen LogP contribution in [0.25, 0.3) is 0 Å². The normalized spacial score (nSPS) is 24.9. The topological polar surface area (TPSA) is 69.6 Å². The number of carbonyl (C=O) groups is 2. The average molecular weight is 256 g/mol. The molecule has 0 aliphatic carbocycles. The first-order valence-corrected chi connectivity index (χ1v) is 6.76. The van der Waals surface area contributed by atoms with Gasteiger partial charge in [-0.05, 0) is 39.5 Å². The van der Waals surface area contributed by atoms with E-state index >= 15 is 0 Å². The molecular weight excluding hydrogens is 232 g/mol. The summed E-state index contributed by atoms with van der Waals surface area (Å²) < 4.78 is 0. The van der Waals surface area contributed by atoms with E-state index in [0.29, 0.717) is 12.5 Å². The zero-order valence-electron chi connectivity index (χ0n) is 11.5. The highest BCUT2D eigenvalue weighted by atomic mass is 16.4. The summed E-state index contributed by atoms with van der Waals surface area (Å²) in [5.74, 6) is -0.822. The van der Waals surface area contributed by atoms with Crippen LogP contribution in [0, 0.1) is 0 Å². The van der Waals surface area contributed by atoms with Gasteiger partial charge in [0.2, 0.25) is 0 Å². The summed E-state index contributed by atoms with van der Waals surface area (Å²) in [6.45, 7) is 6.01. The number of rotatable bonds is 5. The monoisotopic (exact) mass is 256 g/mol. The van der Waals surface area contributed by atoms with Crippen LogP contribution in [0.5, 0.6) is 0 Å². The molecule has 1 heterocycles. The smallest absolute Gasteiger partial charge is 0.318 e. The molecule has 3 unspecified atom stereocenters. The molecular formula is C13H24N2O3. The lowest BCUT2D eigenvalue weighted by Gasteiger charge is -2.29. The standard InChI is InChI=1S/C13H24N2O3/c1-4-11-7-6-10(3)15(11)13(18)14-9(2)5-8-12(16)17/h9-11H,4-8H2,1-3H3,(H,14,18)(H,16,17). The van der Waals surface area contributed by atoms with Crippen LogP contribution in [0.2, 0.25) is 0 Å². The van der Waals surface area contributed by atoms with Crippen LogP contribution < -0.4 is 5.32 Å². The predicted octanol–water partition coefficient (Wildman–Crippen LogP) is 2.21. The highest BCUT2D eigenvalue weighted by molar-refractivity contribution is 5.75. The number of aliphatic carboxylic acids is 1. The van der Waals surface area contributed by atoms with Crippen LogP contribution >= 0.6 is 0 Å². The minimum Gasteiger partial charge on any atom is -0.481 e.